The molecule has 27 heavy (non-hydrogen) atoms. The third-order valence-electron chi connectivity index (χ3n) is 3.78. The number of halogens is 1. The number of hydrogen-bond acceptors (Lipinski definition) is 5. The molecule has 0 radical (unpaired) electrons. The third kappa shape index (κ3) is 5.45. The van der Waals surface area contributed by atoms with Gasteiger partial charge in [-0.2, -0.15) is 0 Å². The molecular formula is C19H18ClN3O2S2. The topological polar surface area (TPSA) is 71.1 Å². The molecule has 1 heterocycles. The Kier molecular flexibility index (Phi) is 6.71. The number of anilines is 1. The second kappa shape index (κ2) is 9.21. The number of thioether (sulfide) groups is 1. The molecule has 0 fully saturated rings. The summed E-state index contributed by atoms with van der Waals surface area (Å²) in [5, 5.41) is 6.10. The monoisotopic (exact) mass is 419 g/mol. The van der Waals surface area contributed by atoms with Gasteiger partial charge < -0.3 is 10.6 Å². The molecule has 0 bridgehead atoms. The van der Waals surface area contributed by atoms with E-state index < -0.39 is 0 Å². The van der Waals surface area contributed by atoms with Gasteiger partial charge in [0.05, 0.1) is 22.5 Å². The average Bonchev–Trinajstić information content (AvgIpc) is 3.07. The Morgan fingerprint density at radius 3 is 2.81 bits per heavy atom. The van der Waals surface area contributed by atoms with E-state index in [4.69, 9.17) is 11.6 Å². The Bertz CT molecular complexity index is 974. The van der Waals surface area contributed by atoms with Gasteiger partial charge in [-0.05, 0) is 36.2 Å². The minimum absolute atomic E-state index is 0.0626. The van der Waals surface area contributed by atoms with Crippen LogP contribution >= 0.6 is 34.7 Å². The van der Waals surface area contributed by atoms with Crippen molar-refractivity contribution >= 4 is 62.4 Å². The maximum absolute atomic E-state index is 12.1. The Labute approximate surface area is 170 Å². The molecule has 5 nitrogen and oxygen atoms in total. The van der Waals surface area contributed by atoms with E-state index in [-0.39, 0.29) is 24.1 Å². The van der Waals surface area contributed by atoms with Crippen LogP contribution in [0.15, 0.2) is 46.8 Å². The molecule has 3 aromatic rings. The Hall–Kier alpha value is -2.09. The van der Waals surface area contributed by atoms with Crippen LogP contribution in [0.25, 0.3) is 10.2 Å². The van der Waals surface area contributed by atoms with E-state index in [0.717, 1.165) is 32.2 Å². The first-order chi connectivity index (χ1) is 13.0. The molecule has 0 spiro atoms. The fourth-order valence-electron chi connectivity index (χ4n) is 2.44. The number of benzene rings is 2. The molecule has 2 aromatic carbocycles. The van der Waals surface area contributed by atoms with E-state index >= 15 is 0 Å². The van der Waals surface area contributed by atoms with Gasteiger partial charge in [0.15, 0.2) is 4.34 Å². The zero-order valence-corrected chi connectivity index (χ0v) is 17.0. The largest absolute Gasteiger partial charge is 0.346 e. The highest BCUT2D eigenvalue weighted by atomic mass is 35.5. The van der Waals surface area contributed by atoms with Crippen LogP contribution in [0.5, 0.6) is 0 Å². The lowest BCUT2D eigenvalue weighted by atomic mass is 10.1. The van der Waals surface area contributed by atoms with Gasteiger partial charge in [0.1, 0.15) is 0 Å². The third-order valence-corrected chi connectivity index (χ3v) is 6.19. The van der Waals surface area contributed by atoms with Crippen LogP contribution in [-0.2, 0) is 16.0 Å². The van der Waals surface area contributed by atoms with Crippen molar-refractivity contribution in [2.75, 3.05) is 17.6 Å². The van der Waals surface area contributed by atoms with Crippen molar-refractivity contribution in [3.63, 3.8) is 0 Å². The lowest BCUT2D eigenvalue weighted by Crippen LogP contribution is -2.34. The minimum Gasteiger partial charge on any atom is -0.346 e. The highest BCUT2D eigenvalue weighted by molar-refractivity contribution is 8.01. The van der Waals surface area contributed by atoms with Crippen molar-refractivity contribution in [3.8, 4) is 0 Å². The van der Waals surface area contributed by atoms with Crippen molar-refractivity contribution in [2.24, 2.45) is 0 Å². The summed E-state index contributed by atoms with van der Waals surface area (Å²) in [4.78, 5) is 28.5. The maximum Gasteiger partial charge on any atom is 0.243 e. The number of rotatable bonds is 7. The van der Waals surface area contributed by atoms with Gasteiger partial charge >= 0.3 is 0 Å². The lowest BCUT2D eigenvalue weighted by molar-refractivity contribution is -0.122. The molecule has 2 N–H and O–H groups in total. The van der Waals surface area contributed by atoms with Gasteiger partial charge in [-0.25, -0.2) is 4.98 Å². The van der Waals surface area contributed by atoms with Crippen LogP contribution in [-0.4, -0.2) is 29.1 Å². The molecule has 2 amide bonds. The van der Waals surface area contributed by atoms with Crippen molar-refractivity contribution in [2.45, 2.75) is 17.7 Å². The van der Waals surface area contributed by atoms with E-state index in [1.807, 2.05) is 43.3 Å². The van der Waals surface area contributed by atoms with E-state index in [1.165, 1.54) is 23.1 Å². The van der Waals surface area contributed by atoms with Gasteiger partial charge in [0, 0.05) is 10.7 Å². The Balaban J connectivity index is 1.46. The lowest BCUT2D eigenvalue weighted by Gasteiger charge is -2.10. The highest BCUT2D eigenvalue weighted by Crippen LogP contribution is 2.30. The fraction of sp³-hybridized carbons (Fsp3) is 0.211. The fourth-order valence-corrected chi connectivity index (χ4v) is 4.49. The molecule has 3 rings (SSSR count). The van der Waals surface area contributed by atoms with E-state index in [0.29, 0.717) is 5.02 Å². The van der Waals surface area contributed by atoms with Gasteiger partial charge in [-0.1, -0.05) is 48.5 Å². The summed E-state index contributed by atoms with van der Waals surface area (Å²) in [5.41, 5.74) is 2.66. The Morgan fingerprint density at radius 1 is 1.19 bits per heavy atom. The van der Waals surface area contributed by atoms with Crippen LogP contribution in [0.1, 0.15) is 12.5 Å². The van der Waals surface area contributed by atoms with Gasteiger partial charge in [0.2, 0.25) is 11.8 Å². The summed E-state index contributed by atoms with van der Waals surface area (Å²) in [6, 6.07) is 13.2. The normalized spacial score (nSPS) is 10.7. The first-order valence-electron chi connectivity index (χ1n) is 8.38. The second-order valence-corrected chi connectivity index (χ2v) is 8.41. The zero-order valence-electron chi connectivity index (χ0n) is 14.6. The first-order valence-corrected chi connectivity index (χ1v) is 10.6. The van der Waals surface area contributed by atoms with Crippen LogP contribution in [0, 0.1) is 0 Å². The quantitative estimate of drug-likeness (QED) is 0.558. The van der Waals surface area contributed by atoms with Crippen molar-refractivity contribution in [1.82, 2.24) is 10.3 Å². The molecule has 0 aliphatic carbocycles. The van der Waals surface area contributed by atoms with Crippen LogP contribution in [0.2, 0.25) is 5.02 Å². The number of nitrogens with one attached hydrogen (secondary N) is 2. The van der Waals surface area contributed by atoms with Crippen molar-refractivity contribution in [3.05, 3.63) is 53.1 Å². The van der Waals surface area contributed by atoms with E-state index in [2.05, 4.69) is 15.6 Å². The number of para-hydroxylation sites is 1. The number of carbonyl (C=O) groups is 2. The molecular weight excluding hydrogens is 402 g/mol. The molecule has 1 aromatic heterocycles. The number of aryl methyl sites for hydroxylation is 1. The molecule has 0 saturated heterocycles. The molecule has 0 atom stereocenters. The molecule has 0 unspecified atom stereocenters. The average molecular weight is 420 g/mol. The summed E-state index contributed by atoms with van der Waals surface area (Å²) < 4.78 is 1.82. The summed E-state index contributed by atoms with van der Waals surface area (Å²) in [7, 11) is 0. The predicted octanol–water partition coefficient (Wildman–Crippen LogP) is 4.36. The number of fused-ring (bicyclic) bond motifs is 1. The molecule has 0 saturated carbocycles. The van der Waals surface area contributed by atoms with Crippen LogP contribution in [0.3, 0.4) is 0 Å². The minimum atomic E-state index is -0.246. The standard InChI is InChI=1S/C19H18ClN3O2S2/c1-2-12-5-3-4-6-14(12)22-17(24)10-21-18(25)11-26-19-23-15-9-13(20)7-8-16(15)27-19/h3-9H,2,10-11H2,1H3,(H,21,25)(H,22,24). The van der Waals surface area contributed by atoms with Crippen LogP contribution in [0.4, 0.5) is 5.69 Å². The first kappa shape index (κ1) is 19.7. The Morgan fingerprint density at radius 2 is 2.00 bits per heavy atom. The summed E-state index contributed by atoms with van der Waals surface area (Å²) in [6.07, 6.45) is 0.826. The van der Waals surface area contributed by atoms with Gasteiger partial charge in [-0.15, -0.1) is 11.3 Å². The summed E-state index contributed by atoms with van der Waals surface area (Å²) in [6.45, 7) is 1.97. The van der Waals surface area contributed by atoms with E-state index in [9.17, 15) is 9.59 Å². The SMILES string of the molecule is CCc1ccccc1NC(=O)CNC(=O)CSc1nc2cc(Cl)ccc2s1. The van der Waals surface area contributed by atoms with Gasteiger partial charge in [0.25, 0.3) is 0 Å². The number of nitrogens with zero attached hydrogens (tertiary/aromatic N) is 1. The smallest absolute Gasteiger partial charge is 0.243 e. The van der Waals surface area contributed by atoms with Crippen molar-refractivity contribution < 1.29 is 9.59 Å². The predicted molar refractivity (Wildman–Crippen MR) is 113 cm³/mol. The summed E-state index contributed by atoms with van der Waals surface area (Å²) >= 11 is 8.81. The molecule has 8 heteroatoms. The van der Waals surface area contributed by atoms with Crippen molar-refractivity contribution in [1.29, 1.82) is 0 Å². The summed E-state index contributed by atoms with van der Waals surface area (Å²) in [5.74, 6) is -0.257. The highest BCUT2D eigenvalue weighted by Gasteiger charge is 2.10. The number of thiazole rings is 1. The molecule has 0 aliphatic rings. The molecule has 0 aliphatic heterocycles. The zero-order chi connectivity index (χ0) is 19.2. The maximum atomic E-state index is 12.1. The number of amides is 2. The number of aromatic nitrogens is 1. The molecule has 140 valence electrons. The van der Waals surface area contributed by atoms with Gasteiger partial charge in [-0.3, -0.25) is 9.59 Å². The second-order valence-electron chi connectivity index (χ2n) is 5.72. The number of carbonyl (C=O) groups excluding carboxylic acids is 2. The number of hydrogen-bond donors (Lipinski definition) is 2. The van der Waals surface area contributed by atoms with E-state index in [1.54, 1.807) is 6.07 Å². The van der Waals surface area contributed by atoms with Crippen LogP contribution < -0.4 is 10.6 Å².